The van der Waals surface area contributed by atoms with E-state index in [0.29, 0.717) is 22.9 Å². The second kappa shape index (κ2) is 7.17. The van der Waals surface area contributed by atoms with E-state index in [1.54, 1.807) is 26.4 Å². The first-order valence-corrected chi connectivity index (χ1v) is 7.01. The van der Waals surface area contributed by atoms with E-state index >= 15 is 0 Å². The molecule has 0 spiro atoms. The Morgan fingerprint density at radius 3 is 2.33 bits per heavy atom. The van der Waals surface area contributed by atoms with E-state index in [1.807, 2.05) is 0 Å². The largest absolute Gasteiger partial charge is 0.493 e. The van der Waals surface area contributed by atoms with Gasteiger partial charge in [0.2, 0.25) is 11.7 Å². The Morgan fingerprint density at radius 1 is 1.10 bits per heavy atom. The maximum absolute atomic E-state index is 12.3. The molecule has 1 aliphatic heterocycles. The highest BCUT2D eigenvalue weighted by Gasteiger charge is 2.23. The number of hydrogen-bond acceptors (Lipinski definition) is 5. The van der Waals surface area contributed by atoms with Crippen molar-refractivity contribution in [2.24, 2.45) is 5.92 Å². The minimum absolute atomic E-state index is 0.0158. The fourth-order valence-corrected chi connectivity index (χ4v) is 2.52. The Labute approximate surface area is 124 Å². The van der Waals surface area contributed by atoms with Crippen LogP contribution in [0, 0.1) is 5.92 Å². The second-order valence-corrected chi connectivity index (χ2v) is 4.90. The summed E-state index contributed by atoms with van der Waals surface area (Å²) in [6, 6.07) is 3.51. The molecule has 2 N–H and O–H groups in total. The normalized spacial score (nSPS) is 15.4. The first kappa shape index (κ1) is 15.4. The molecular formula is C15H22N2O4. The van der Waals surface area contributed by atoms with Gasteiger partial charge in [-0.15, -0.1) is 0 Å². The molecule has 6 heteroatoms. The van der Waals surface area contributed by atoms with Gasteiger partial charge in [-0.05, 0) is 38.1 Å². The van der Waals surface area contributed by atoms with Crippen LogP contribution in [0.1, 0.15) is 12.8 Å². The van der Waals surface area contributed by atoms with Gasteiger partial charge >= 0.3 is 0 Å². The molecule has 0 atom stereocenters. The molecule has 1 saturated heterocycles. The van der Waals surface area contributed by atoms with Crippen LogP contribution in [0.25, 0.3) is 0 Å². The lowest BCUT2D eigenvalue weighted by Gasteiger charge is -2.23. The van der Waals surface area contributed by atoms with Crippen LogP contribution in [-0.4, -0.2) is 40.3 Å². The summed E-state index contributed by atoms with van der Waals surface area (Å²) >= 11 is 0. The molecule has 0 unspecified atom stereocenters. The van der Waals surface area contributed by atoms with Gasteiger partial charge in [0.15, 0.2) is 11.5 Å². The molecule has 0 aliphatic carbocycles. The Bertz CT molecular complexity index is 499. The van der Waals surface area contributed by atoms with Crippen molar-refractivity contribution in [3.63, 3.8) is 0 Å². The summed E-state index contributed by atoms with van der Waals surface area (Å²) in [6.07, 6.45) is 1.70. The average molecular weight is 294 g/mol. The van der Waals surface area contributed by atoms with Crippen LogP contribution >= 0.6 is 0 Å². The molecule has 1 aromatic carbocycles. The molecule has 1 fully saturated rings. The highest BCUT2D eigenvalue weighted by atomic mass is 16.5. The Morgan fingerprint density at radius 2 is 1.76 bits per heavy atom. The minimum Gasteiger partial charge on any atom is -0.493 e. The highest BCUT2D eigenvalue weighted by Crippen LogP contribution is 2.42. The standard InChI is InChI=1S/C15H22N2O4/c1-19-12-5-4-11(13(20-2)14(12)21-3)17-15(18)10-6-8-16-9-7-10/h4-5,10,16H,6-9H2,1-3H3,(H,17,18). The molecule has 0 bridgehead atoms. The number of nitrogens with one attached hydrogen (secondary N) is 2. The fraction of sp³-hybridized carbons (Fsp3) is 0.533. The lowest BCUT2D eigenvalue weighted by Crippen LogP contribution is -2.34. The van der Waals surface area contributed by atoms with Gasteiger partial charge in [0.25, 0.3) is 0 Å². The number of anilines is 1. The summed E-state index contributed by atoms with van der Waals surface area (Å²) in [5.41, 5.74) is 0.596. The van der Waals surface area contributed by atoms with Crippen LogP contribution in [-0.2, 0) is 4.79 Å². The van der Waals surface area contributed by atoms with Crippen molar-refractivity contribution in [1.82, 2.24) is 5.32 Å². The topological polar surface area (TPSA) is 68.8 Å². The number of ether oxygens (including phenoxy) is 3. The number of amides is 1. The molecular weight excluding hydrogens is 272 g/mol. The zero-order chi connectivity index (χ0) is 15.2. The summed E-state index contributed by atoms with van der Waals surface area (Å²) in [5, 5.41) is 6.18. The van der Waals surface area contributed by atoms with Crippen LogP contribution in [0.3, 0.4) is 0 Å². The van der Waals surface area contributed by atoms with Gasteiger partial charge in [0.1, 0.15) is 0 Å². The Balaban J connectivity index is 2.20. The van der Waals surface area contributed by atoms with Gasteiger partial charge in [0.05, 0.1) is 27.0 Å². The van der Waals surface area contributed by atoms with Crippen LogP contribution in [0.5, 0.6) is 17.2 Å². The van der Waals surface area contributed by atoms with Crippen LogP contribution < -0.4 is 24.8 Å². The lowest BCUT2D eigenvalue weighted by atomic mass is 9.97. The molecule has 1 aromatic rings. The average Bonchev–Trinajstić information content (AvgIpc) is 2.54. The van der Waals surface area contributed by atoms with Crippen molar-refractivity contribution in [2.45, 2.75) is 12.8 Å². The van der Waals surface area contributed by atoms with Gasteiger partial charge in [-0.2, -0.15) is 0 Å². The summed E-state index contributed by atoms with van der Waals surface area (Å²) in [6.45, 7) is 1.75. The van der Waals surface area contributed by atoms with Crippen LogP contribution in [0.2, 0.25) is 0 Å². The van der Waals surface area contributed by atoms with Gasteiger partial charge < -0.3 is 24.8 Å². The van der Waals surface area contributed by atoms with Crippen molar-refractivity contribution in [3.05, 3.63) is 12.1 Å². The second-order valence-electron chi connectivity index (χ2n) is 4.90. The number of hydrogen-bond donors (Lipinski definition) is 2. The van der Waals surface area contributed by atoms with E-state index in [1.165, 1.54) is 7.11 Å². The molecule has 0 radical (unpaired) electrons. The number of methoxy groups -OCH3 is 3. The summed E-state index contributed by atoms with van der Waals surface area (Å²) in [7, 11) is 4.64. The zero-order valence-electron chi connectivity index (χ0n) is 12.7. The van der Waals surface area contributed by atoms with E-state index in [9.17, 15) is 4.79 Å². The number of rotatable bonds is 5. The predicted molar refractivity (Wildman–Crippen MR) is 80.3 cm³/mol. The molecule has 21 heavy (non-hydrogen) atoms. The monoisotopic (exact) mass is 294 g/mol. The van der Waals surface area contributed by atoms with Crippen molar-refractivity contribution >= 4 is 11.6 Å². The SMILES string of the molecule is COc1ccc(NC(=O)C2CCNCC2)c(OC)c1OC. The van der Waals surface area contributed by atoms with E-state index in [-0.39, 0.29) is 11.8 Å². The van der Waals surface area contributed by atoms with Gasteiger partial charge in [-0.3, -0.25) is 4.79 Å². The maximum atomic E-state index is 12.3. The molecule has 2 rings (SSSR count). The molecule has 6 nitrogen and oxygen atoms in total. The molecule has 116 valence electrons. The molecule has 1 aliphatic rings. The Hall–Kier alpha value is -1.95. The van der Waals surface area contributed by atoms with E-state index < -0.39 is 0 Å². The van der Waals surface area contributed by atoms with E-state index in [4.69, 9.17) is 14.2 Å². The predicted octanol–water partition coefficient (Wildman–Crippen LogP) is 1.65. The quantitative estimate of drug-likeness (QED) is 0.864. The Kier molecular flexibility index (Phi) is 5.27. The molecule has 0 saturated carbocycles. The smallest absolute Gasteiger partial charge is 0.227 e. The van der Waals surface area contributed by atoms with Crippen molar-refractivity contribution in [2.75, 3.05) is 39.7 Å². The van der Waals surface area contributed by atoms with Crippen LogP contribution in [0.4, 0.5) is 5.69 Å². The fourth-order valence-electron chi connectivity index (χ4n) is 2.52. The number of carbonyl (C=O) groups is 1. The minimum atomic E-state index is 0.0158. The van der Waals surface area contributed by atoms with Gasteiger partial charge in [0, 0.05) is 5.92 Å². The van der Waals surface area contributed by atoms with E-state index in [2.05, 4.69) is 10.6 Å². The summed E-state index contributed by atoms with van der Waals surface area (Å²) < 4.78 is 15.9. The molecule has 1 heterocycles. The third-order valence-corrected chi connectivity index (χ3v) is 3.67. The van der Waals surface area contributed by atoms with Crippen molar-refractivity contribution < 1.29 is 19.0 Å². The third-order valence-electron chi connectivity index (χ3n) is 3.67. The first-order valence-electron chi connectivity index (χ1n) is 7.01. The summed E-state index contributed by atoms with van der Waals surface area (Å²) in [5.74, 6) is 1.56. The molecule has 1 amide bonds. The number of piperidine rings is 1. The molecule has 0 aromatic heterocycles. The highest BCUT2D eigenvalue weighted by molar-refractivity contribution is 5.95. The van der Waals surface area contributed by atoms with Crippen LogP contribution in [0.15, 0.2) is 12.1 Å². The lowest BCUT2D eigenvalue weighted by molar-refractivity contribution is -0.120. The number of carbonyl (C=O) groups excluding carboxylic acids is 1. The maximum Gasteiger partial charge on any atom is 0.227 e. The van der Waals surface area contributed by atoms with Gasteiger partial charge in [-0.25, -0.2) is 0 Å². The van der Waals surface area contributed by atoms with E-state index in [0.717, 1.165) is 25.9 Å². The van der Waals surface area contributed by atoms with Crippen molar-refractivity contribution in [3.8, 4) is 17.2 Å². The first-order chi connectivity index (χ1) is 10.2. The van der Waals surface area contributed by atoms with Gasteiger partial charge in [-0.1, -0.05) is 0 Å². The zero-order valence-corrected chi connectivity index (χ0v) is 12.7. The van der Waals surface area contributed by atoms with Crippen molar-refractivity contribution in [1.29, 1.82) is 0 Å². The third kappa shape index (κ3) is 3.39. The number of benzene rings is 1. The summed E-state index contributed by atoms with van der Waals surface area (Å²) in [4.78, 5) is 12.3.